The molecule has 4 nitrogen and oxygen atoms in total. The van der Waals surface area contributed by atoms with Crippen LogP contribution in [0.2, 0.25) is 0 Å². The summed E-state index contributed by atoms with van der Waals surface area (Å²) >= 11 is 1.39. The van der Waals surface area contributed by atoms with Crippen molar-refractivity contribution in [1.29, 1.82) is 0 Å². The standard InChI is InChI=1S/C16H15NO3S/c18-10-14-6-5-13(21-14)9-17-16(15(19)20)7-11-3-1-2-4-12(11)8-16/h1-6,10,17H,7-9H2,(H,19,20). The van der Waals surface area contributed by atoms with Gasteiger partial charge < -0.3 is 5.11 Å². The van der Waals surface area contributed by atoms with Crippen molar-refractivity contribution in [3.05, 3.63) is 57.3 Å². The van der Waals surface area contributed by atoms with Crippen LogP contribution in [0.5, 0.6) is 0 Å². The third-order valence-corrected chi connectivity index (χ3v) is 4.92. The van der Waals surface area contributed by atoms with Gasteiger partial charge in [-0.3, -0.25) is 14.9 Å². The normalized spacial score (nSPS) is 15.6. The molecule has 0 fully saturated rings. The Morgan fingerprint density at radius 1 is 1.24 bits per heavy atom. The van der Waals surface area contributed by atoms with E-state index in [0.29, 0.717) is 24.3 Å². The SMILES string of the molecule is O=Cc1ccc(CNC2(C(=O)O)Cc3ccccc3C2)s1. The maximum Gasteiger partial charge on any atom is 0.324 e. The van der Waals surface area contributed by atoms with Gasteiger partial charge in [-0.2, -0.15) is 0 Å². The third kappa shape index (κ3) is 2.62. The van der Waals surface area contributed by atoms with Crippen LogP contribution in [0, 0.1) is 0 Å². The Hall–Kier alpha value is -1.98. The molecule has 1 aromatic carbocycles. The molecule has 0 saturated carbocycles. The monoisotopic (exact) mass is 301 g/mol. The lowest BCUT2D eigenvalue weighted by Crippen LogP contribution is -2.52. The van der Waals surface area contributed by atoms with Gasteiger partial charge in [0.15, 0.2) is 6.29 Å². The predicted molar refractivity (Wildman–Crippen MR) is 80.8 cm³/mol. The number of nitrogens with one attached hydrogen (secondary N) is 1. The molecule has 2 N–H and O–H groups in total. The van der Waals surface area contributed by atoms with Gasteiger partial charge in [0.25, 0.3) is 0 Å². The number of rotatable bonds is 5. The van der Waals surface area contributed by atoms with E-state index in [1.807, 2.05) is 30.3 Å². The molecule has 0 radical (unpaired) electrons. The molecule has 1 heterocycles. The van der Waals surface area contributed by atoms with Crippen molar-refractivity contribution in [1.82, 2.24) is 5.32 Å². The minimum Gasteiger partial charge on any atom is -0.480 e. The van der Waals surface area contributed by atoms with E-state index in [1.54, 1.807) is 6.07 Å². The maximum absolute atomic E-state index is 11.8. The smallest absolute Gasteiger partial charge is 0.324 e. The molecule has 108 valence electrons. The van der Waals surface area contributed by atoms with Crippen LogP contribution < -0.4 is 5.32 Å². The molecule has 0 unspecified atom stereocenters. The minimum absolute atomic E-state index is 0.457. The first-order valence-electron chi connectivity index (χ1n) is 6.72. The molecule has 0 amide bonds. The van der Waals surface area contributed by atoms with Crippen LogP contribution in [0.4, 0.5) is 0 Å². The lowest BCUT2D eigenvalue weighted by molar-refractivity contribution is -0.144. The third-order valence-electron chi connectivity index (χ3n) is 3.91. The summed E-state index contributed by atoms with van der Waals surface area (Å²) in [6, 6.07) is 11.5. The molecule has 21 heavy (non-hydrogen) atoms. The van der Waals surface area contributed by atoms with Gasteiger partial charge in [0, 0.05) is 24.3 Å². The first-order chi connectivity index (χ1) is 10.1. The summed E-state index contributed by atoms with van der Waals surface area (Å²) in [4.78, 5) is 24.1. The first-order valence-corrected chi connectivity index (χ1v) is 7.54. The minimum atomic E-state index is -0.949. The van der Waals surface area contributed by atoms with E-state index >= 15 is 0 Å². The lowest BCUT2D eigenvalue weighted by atomic mass is 9.96. The molecule has 1 aliphatic rings. The summed E-state index contributed by atoms with van der Waals surface area (Å²) in [5, 5.41) is 12.8. The van der Waals surface area contributed by atoms with E-state index in [4.69, 9.17) is 0 Å². The van der Waals surface area contributed by atoms with Gasteiger partial charge >= 0.3 is 5.97 Å². The van der Waals surface area contributed by atoms with Crippen molar-refractivity contribution in [2.75, 3.05) is 0 Å². The summed E-state index contributed by atoms with van der Waals surface area (Å²) in [7, 11) is 0. The fraction of sp³-hybridized carbons (Fsp3) is 0.250. The van der Waals surface area contributed by atoms with E-state index in [9.17, 15) is 14.7 Å². The van der Waals surface area contributed by atoms with Crippen LogP contribution in [0.1, 0.15) is 25.7 Å². The lowest BCUT2D eigenvalue weighted by Gasteiger charge is -2.25. The molecule has 2 aromatic rings. The summed E-state index contributed by atoms with van der Waals surface area (Å²) in [6.45, 7) is 0.457. The highest BCUT2D eigenvalue weighted by Crippen LogP contribution is 2.31. The Morgan fingerprint density at radius 3 is 2.43 bits per heavy atom. The van der Waals surface area contributed by atoms with Crippen LogP contribution in [-0.2, 0) is 24.2 Å². The number of carboxylic acid groups (broad SMARTS) is 1. The number of fused-ring (bicyclic) bond motifs is 1. The van der Waals surface area contributed by atoms with Gasteiger partial charge in [-0.05, 0) is 23.3 Å². The second-order valence-corrected chi connectivity index (χ2v) is 6.48. The van der Waals surface area contributed by atoms with E-state index in [1.165, 1.54) is 11.3 Å². The number of carboxylic acids is 1. The summed E-state index contributed by atoms with van der Waals surface area (Å²) < 4.78 is 0. The molecular weight excluding hydrogens is 286 g/mol. The highest BCUT2D eigenvalue weighted by atomic mass is 32.1. The van der Waals surface area contributed by atoms with Gasteiger partial charge in [-0.25, -0.2) is 0 Å². The van der Waals surface area contributed by atoms with Gasteiger partial charge in [0.05, 0.1) is 4.88 Å². The number of hydrogen-bond donors (Lipinski definition) is 2. The number of thiophene rings is 1. The molecule has 0 atom stereocenters. The topological polar surface area (TPSA) is 66.4 Å². The Morgan fingerprint density at radius 2 is 1.90 bits per heavy atom. The van der Waals surface area contributed by atoms with Crippen LogP contribution in [-0.4, -0.2) is 22.9 Å². The highest BCUT2D eigenvalue weighted by molar-refractivity contribution is 7.13. The fourth-order valence-electron chi connectivity index (χ4n) is 2.78. The van der Waals surface area contributed by atoms with Crippen LogP contribution in [0.25, 0.3) is 0 Å². The van der Waals surface area contributed by atoms with E-state index in [2.05, 4.69) is 5.32 Å². The van der Waals surface area contributed by atoms with E-state index < -0.39 is 11.5 Å². The first kappa shape index (κ1) is 14.0. The summed E-state index contributed by atoms with van der Waals surface area (Å²) in [5.74, 6) is -0.828. The van der Waals surface area contributed by atoms with Crippen LogP contribution in [0.15, 0.2) is 36.4 Å². The van der Waals surface area contributed by atoms with Crippen molar-refractivity contribution < 1.29 is 14.7 Å². The Bertz CT molecular complexity index is 667. The van der Waals surface area contributed by atoms with Crippen molar-refractivity contribution in [3.8, 4) is 0 Å². The average Bonchev–Trinajstić information content (AvgIpc) is 3.09. The molecule has 3 rings (SSSR count). The zero-order valence-electron chi connectivity index (χ0n) is 11.3. The molecule has 5 heteroatoms. The number of carbonyl (C=O) groups excluding carboxylic acids is 1. The van der Waals surface area contributed by atoms with Crippen LogP contribution in [0.3, 0.4) is 0 Å². The summed E-state index contributed by atoms with van der Waals surface area (Å²) in [6.07, 6.45) is 1.79. The van der Waals surface area contributed by atoms with E-state index in [-0.39, 0.29) is 0 Å². The maximum atomic E-state index is 11.8. The summed E-state index contributed by atoms with van der Waals surface area (Å²) in [5.41, 5.74) is 1.23. The number of carbonyl (C=O) groups is 2. The van der Waals surface area contributed by atoms with Crippen molar-refractivity contribution in [2.24, 2.45) is 0 Å². The average molecular weight is 301 g/mol. The molecule has 0 aliphatic heterocycles. The molecule has 0 bridgehead atoms. The number of aldehydes is 1. The number of hydrogen-bond acceptors (Lipinski definition) is 4. The van der Waals surface area contributed by atoms with Gasteiger partial charge in [-0.1, -0.05) is 24.3 Å². The van der Waals surface area contributed by atoms with E-state index in [0.717, 1.165) is 22.3 Å². The Balaban J connectivity index is 1.77. The van der Waals surface area contributed by atoms with Crippen molar-refractivity contribution >= 4 is 23.6 Å². The second kappa shape index (κ2) is 5.42. The van der Waals surface area contributed by atoms with Crippen molar-refractivity contribution in [3.63, 3.8) is 0 Å². The molecule has 1 aliphatic carbocycles. The van der Waals surface area contributed by atoms with Gasteiger partial charge in [0.1, 0.15) is 5.54 Å². The predicted octanol–water partition coefficient (Wildman–Crippen LogP) is 2.27. The Kier molecular flexibility index (Phi) is 3.61. The Labute approximate surface area is 126 Å². The number of aliphatic carboxylic acids is 1. The molecule has 0 spiro atoms. The second-order valence-electron chi connectivity index (χ2n) is 5.29. The largest absolute Gasteiger partial charge is 0.480 e. The molecule has 0 saturated heterocycles. The van der Waals surface area contributed by atoms with Crippen LogP contribution >= 0.6 is 11.3 Å². The fourth-order valence-corrected chi connectivity index (χ4v) is 3.54. The van der Waals surface area contributed by atoms with Crippen molar-refractivity contribution in [2.45, 2.75) is 24.9 Å². The zero-order chi connectivity index (χ0) is 14.9. The highest BCUT2D eigenvalue weighted by Gasteiger charge is 2.43. The zero-order valence-corrected chi connectivity index (χ0v) is 12.2. The van der Waals surface area contributed by atoms with Gasteiger partial charge in [-0.15, -0.1) is 11.3 Å². The quantitative estimate of drug-likeness (QED) is 0.832. The van der Waals surface area contributed by atoms with Gasteiger partial charge in [0.2, 0.25) is 0 Å². The molecule has 1 aromatic heterocycles. The number of benzene rings is 1. The molecular formula is C16H15NO3S.